The molecule has 0 aliphatic rings. The van der Waals surface area contributed by atoms with Crippen molar-refractivity contribution in [2.24, 2.45) is 0 Å². The second-order valence-corrected chi connectivity index (χ2v) is 7.81. The van der Waals surface area contributed by atoms with Crippen molar-refractivity contribution in [1.29, 1.82) is 0 Å². The van der Waals surface area contributed by atoms with Crippen LogP contribution in [0, 0.1) is 13.8 Å². The van der Waals surface area contributed by atoms with Crippen molar-refractivity contribution in [3.8, 4) is 0 Å². The lowest BCUT2D eigenvalue weighted by Crippen LogP contribution is -2.13. The summed E-state index contributed by atoms with van der Waals surface area (Å²) < 4.78 is 1.82. The molecule has 136 valence electrons. The summed E-state index contributed by atoms with van der Waals surface area (Å²) in [4.78, 5) is 18.7. The molecule has 0 saturated carbocycles. The Bertz CT molecular complexity index is 1130. The topological polar surface area (TPSA) is 59.8 Å². The van der Waals surface area contributed by atoms with Crippen LogP contribution in [0.15, 0.2) is 48.0 Å². The van der Waals surface area contributed by atoms with Gasteiger partial charge >= 0.3 is 0 Å². The van der Waals surface area contributed by atoms with Crippen LogP contribution in [0.4, 0.5) is 5.69 Å². The molecular formula is C20H17ClN4OS. The number of rotatable bonds is 4. The Morgan fingerprint density at radius 3 is 2.85 bits per heavy atom. The quantitative estimate of drug-likeness (QED) is 0.524. The molecule has 0 radical (unpaired) electrons. The molecule has 7 heteroatoms. The number of halogens is 1. The molecule has 3 heterocycles. The number of hydrogen-bond donors (Lipinski definition) is 1. The Hall–Kier alpha value is -2.70. The molecule has 0 saturated heterocycles. The number of thiophene rings is 1. The number of aromatic nitrogens is 3. The second kappa shape index (κ2) is 7.13. The highest BCUT2D eigenvalue weighted by molar-refractivity contribution is 7.09. The number of amides is 1. The summed E-state index contributed by atoms with van der Waals surface area (Å²) in [5.41, 5.74) is 3.61. The van der Waals surface area contributed by atoms with Gasteiger partial charge in [-0.15, -0.1) is 11.3 Å². The van der Waals surface area contributed by atoms with Crippen molar-refractivity contribution in [2.45, 2.75) is 20.4 Å². The van der Waals surface area contributed by atoms with Gasteiger partial charge in [-0.25, -0.2) is 9.67 Å². The molecule has 27 heavy (non-hydrogen) atoms. The summed E-state index contributed by atoms with van der Waals surface area (Å²) in [6.45, 7) is 4.45. The van der Waals surface area contributed by atoms with E-state index in [-0.39, 0.29) is 5.91 Å². The average Bonchev–Trinajstić information content (AvgIpc) is 3.27. The zero-order chi connectivity index (χ0) is 19.0. The first kappa shape index (κ1) is 17.7. The lowest BCUT2D eigenvalue weighted by molar-refractivity contribution is 0.102. The maximum absolute atomic E-state index is 12.9. The van der Waals surface area contributed by atoms with Gasteiger partial charge in [-0.3, -0.25) is 4.79 Å². The van der Waals surface area contributed by atoms with Gasteiger partial charge in [0.15, 0.2) is 5.65 Å². The van der Waals surface area contributed by atoms with Gasteiger partial charge in [0.25, 0.3) is 5.91 Å². The van der Waals surface area contributed by atoms with E-state index < -0.39 is 0 Å². The van der Waals surface area contributed by atoms with Crippen LogP contribution in [-0.2, 0) is 6.54 Å². The minimum absolute atomic E-state index is 0.230. The van der Waals surface area contributed by atoms with Crippen LogP contribution in [0.3, 0.4) is 0 Å². The van der Waals surface area contributed by atoms with Gasteiger partial charge in [0, 0.05) is 10.6 Å². The Morgan fingerprint density at radius 2 is 2.11 bits per heavy atom. The van der Waals surface area contributed by atoms with Crippen LogP contribution in [0.1, 0.15) is 26.5 Å². The number of aryl methyl sites for hydroxylation is 2. The molecule has 0 unspecified atom stereocenters. The standard InChI is InChI=1S/C20H17ClN4OS/c1-12-5-6-18(17(21)8-12)24-20(26)15-9-13(2)23-19-16(15)10-22-25(19)11-14-4-3-7-27-14/h3-10H,11H2,1-2H3,(H,24,26). The van der Waals surface area contributed by atoms with Gasteiger partial charge in [0.2, 0.25) is 0 Å². The number of hydrogen-bond acceptors (Lipinski definition) is 4. The zero-order valence-electron chi connectivity index (χ0n) is 14.9. The highest BCUT2D eigenvalue weighted by Crippen LogP contribution is 2.25. The van der Waals surface area contributed by atoms with Gasteiger partial charge in [0.05, 0.1) is 34.4 Å². The van der Waals surface area contributed by atoms with Crippen molar-refractivity contribution in [3.63, 3.8) is 0 Å². The molecule has 3 aromatic heterocycles. The number of pyridine rings is 1. The van der Waals surface area contributed by atoms with Crippen LogP contribution in [0.25, 0.3) is 11.0 Å². The van der Waals surface area contributed by atoms with E-state index in [0.29, 0.717) is 28.5 Å². The third-order valence-electron chi connectivity index (χ3n) is 4.24. The molecule has 0 aliphatic carbocycles. The number of carbonyl (C=O) groups excluding carboxylic acids is 1. The van der Waals surface area contributed by atoms with Crippen LogP contribution in [0.2, 0.25) is 5.02 Å². The number of carbonyl (C=O) groups is 1. The summed E-state index contributed by atoms with van der Waals surface area (Å²) in [5, 5.41) is 10.6. The van der Waals surface area contributed by atoms with Crippen molar-refractivity contribution in [3.05, 3.63) is 74.7 Å². The molecule has 0 fully saturated rings. The predicted molar refractivity (Wildman–Crippen MR) is 110 cm³/mol. The maximum Gasteiger partial charge on any atom is 0.256 e. The number of fused-ring (bicyclic) bond motifs is 1. The second-order valence-electron chi connectivity index (χ2n) is 6.37. The van der Waals surface area contributed by atoms with E-state index in [1.54, 1.807) is 29.7 Å². The Labute approximate surface area is 165 Å². The fraction of sp³-hybridized carbons (Fsp3) is 0.150. The van der Waals surface area contributed by atoms with Crippen molar-refractivity contribution in [1.82, 2.24) is 14.8 Å². The number of anilines is 1. The average molecular weight is 397 g/mol. The first-order valence-electron chi connectivity index (χ1n) is 8.44. The smallest absolute Gasteiger partial charge is 0.256 e. The molecule has 5 nitrogen and oxygen atoms in total. The van der Waals surface area contributed by atoms with Crippen molar-refractivity contribution >= 4 is 45.6 Å². The number of benzene rings is 1. The van der Waals surface area contributed by atoms with Crippen molar-refractivity contribution in [2.75, 3.05) is 5.32 Å². The molecule has 1 aromatic carbocycles. The normalized spacial score (nSPS) is 11.1. The molecule has 0 aliphatic heterocycles. The molecule has 1 amide bonds. The number of nitrogens with zero attached hydrogens (tertiary/aromatic N) is 3. The molecule has 0 bridgehead atoms. The maximum atomic E-state index is 12.9. The monoisotopic (exact) mass is 396 g/mol. The van der Waals surface area contributed by atoms with Crippen LogP contribution >= 0.6 is 22.9 Å². The van der Waals surface area contributed by atoms with E-state index in [2.05, 4.69) is 21.5 Å². The number of nitrogens with one attached hydrogen (secondary N) is 1. The van der Waals surface area contributed by atoms with E-state index in [1.165, 1.54) is 4.88 Å². The first-order valence-corrected chi connectivity index (χ1v) is 9.70. The summed E-state index contributed by atoms with van der Waals surface area (Å²) in [5.74, 6) is -0.230. The molecule has 0 atom stereocenters. The molecular weight excluding hydrogens is 380 g/mol. The predicted octanol–water partition coefficient (Wildman–Crippen LogP) is 5.06. The minimum atomic E-state index is -0.230. The molecule has 4 aromatic rings. The summed E-state index contributed by atoms with van der Waals surface area (Å²) in [6.07, 6.45) is 1.70. The lowest BCUT2D eigenvalue weighted by atomic mass is 10.1. The summed E-state index contributed by atoms with van der Waals surface area (Å²) in [6, 6.07) is 11.4. The zero-order valence-corrected chi connectivity index (χ0v) is 16.4. The van der Waals surface area contributed by atoms with Gasteiger partial charge in [0.1, 0.15) is 0 Å². The SMILES string of the molecule is Cc1ccc(NC(=O)c2cc(C)nc3c2cnn3Cc2cccs2)c(Cl)c1. The van der Waals surface area contributed by atoms with Gasteiger partial charge in [-0.2, -0.15) is 5.10 Å². The van der Waals surface area contributed by atoms with Crippen LogP contribution < -0.4 is 5.32 Å². The Kier molecular flexibility index (Phi) is 4.68. The van der Waals surface area contributed by atoms with E-state index in [0.717, 1.165) is 16.6 Å². The third-order valence-corrected chi connectivity index (χ3v) is 5.41. The van der Waals surface area contributed by atoms with Crippen LogP contribution in [0.5, 0.6) is 0 Å². The van der Waals surface area contributed by atoms with Crippen LogP contribution in [-0.4, -0.2) is 20.7 Å². The largest absolute Gasteiger partial charge is 0.321 e. The molecule has 4 rings (SSSR count). The van der Waals surface area contributed by atoms with E-state index >= 15 is 0 Å². The molecule has 1 N–H and O–H groups in total. The third kappa shape index (κ3) is 3.59. The fourth-order valence-corrected chi connectivity index (χ4v) is 3.91. The summed E-state index contributed by atoms with van der Waals surface area (Å²) in [7, 11) is 0. The van der Waals surface area contributed by atoms with Gasteiger partial charge < -0.3 is 5.32 Å². The van der Waals surface area contributed by atoms with E-state index in [9.17, 15) is 4.79 Å². The highest BCUT2D eigenvalue weighted by Gasteiger charge is 2.17. The molecule has 0 spiro atoms. The highest BCUT2D eigenvalue weighted by atomic mass is 35.5. The minimum Gasteiger partial charge on any atom is -0.321 e. The van der Waals surface area contributed by atoms with Gasteiger partial charge in [-0.1, -0.05) is 23.7 Å². The Morgan fingerprint density at radius 1 is 1.26 bits per heavy atom. The van der Waals surface area contributed by atoms with E-state index in [4.69, 9.17) is 11.6 Å². The fourth-order valence-electron chi connectivity index (χ4n) is 2.94. The van der Waals surface area contributed by atoms with Gasteiger partial charge in [-0.05, 0) is 49.1 Å². The Balaban J connectivity index is 1.70. The van der Waals surface area contributed by atoms with E-state index in [1.807, 2.05) is 42.1 Å². The van der Waals surface area contributed by atoms with Crippen molar-refractivity contribution < 1.29 is 4.79 Å². The summed E-state index contributed by atoms with van der Waals surface area (Å²) >= 11 is 7.92. The lowest BCUT2D eigenvalue weighted by Gasteiger charge is -2.10. The first-order chi connectivity index (χ1) is 13.0.